The van der Waals surface area contributed by atoms with Gasteiger partial charge in [0.15, 0.2) is 0 Å². The molecule has 0 amide bonds. The Kier molecular flexibility index (Phi) is 8.51. The average Bonchev–Trinajstić information content (AvgIpc) is 3.93. The van der Waals surface area contributed by atoms with E-state index in [4.69, 9.17) is 0 Å². The largest absolute Gasteiger partial charge is 0.310 e. The lowest BCUT2D eigenvalue weighted by atomic mass is 9.70. The van der Waals surface area contributed by atoms with Crippen molar-refractivity contribution in [3.8, 4) is 44.5 Å². The van der Waals surface area contributed by atoms with Crippen molar-refractivity contribution in [2.75, 3.05) is 9.80 Å². The molecule has 0 radical (unpaired) electrons. The maximum Gasteiger partial charge on any atom is 0.0727 e. The monoisotopic (exact) mass is 842 g/mol. The Morgan fingerprint density at radius 3 is 1.21 bits per heavy atom. The van der Waals surface area contributed by atoms with E-state index in [1.54, 1.807) is 0 Å². The minimum Gasteiger partial charge on any atom is -0.310 e. The number of hydrogen-bond donors (Lipinski definition) is 0. The van der Waals surface area contributed by atoms with Gasteiger partial charge in [-0.25, -0.2) is 0 Å². The summed E-state index contributed by atoms with van der Waals surface area (Å²) in [5.41, 5.74) is 24.2. The number of para-hydroxylation sites is 3. The average molecular weight is 843 g/mol. The predicted molar refractivity (Wildman–Crippen MR) is 275 cm³/mol. The van der Waals surface area contributed by atoms with E-state index in [1.807, 2.05) is 0 Å². The Balaban J connectivity index is 1.09. The molecular formula is C64H46N2. The summed E-state index contributed by atoms with van der Waals surface area (Å²) >= 11 is 0. The van der Waals surface area contributed by atoms with Gasteiger partial charge >= 0.3 is 0 Å². The Hall–Kier alpha value is -8.20. The summed E-state index contributed by atoms with van der Waals surface area (Å²) in [4.78, 5) is 4.87. The van der Waals surface area contributed by atoms with Gasteiger partial charge in [0.25, 0.3) is 0 Å². The second kappa shape index (κ2) is 14.7. The van der Waals surface area contributed by atoms with Crippen LogP contribution in [0, 0.1) is 0 Å². The lowest BCUT2D eigenvalue weighted by Gasteiger charge is -2.33. The van der Waals surface area contributed by atoms with E-state index in [0.29, 0.717) is 0 Å². The molecule has 0 fully saturated rings. The molecule has 3 aliphatic rings. The summed E-state index contributed by atoms with van der Waals surface area (Å²) in [5.74, 6) is 0. The summed E-state index contributed by atoms with van der Waals surface area (Å²) < 4.78 is 0. The Bertz CT molecular complexity index is 3460. The van der Waals surface area contributed by atoms with Crippen LogP contribution in [-0.2, 0) is 10.8 Å². The van der Waals surface area contributed by atoms with Crippen molar-refractivity contribution in [3.63, 3.8) is 0 Å². The fourth-order valence-corrected chi connectivity index (χ4v) is 11.8. The van der Waals surface area contributed by atoms with Gasteiger partial charge in [-0.1, -0.05) is 184 Å². The normalized spacial score (nSPS) is 15.3. The molecule has 10 aromatic rings. The molecule has 1 spiro atoms. The van der Waals surface area contributed by atoms with E-state index in [2.05, 4.69) is 266 Å². The second-order valence-corrected chi connectivity index (χ2v) is 18.4. The highest BCUT2D eigenvalue weighted by atomic mass is 15.1. The van der Waals surface area contributed by atoms with E-state index < -0.39 is 5.41 Å². The molecule has 312 valence electrons. The van der Waals surface area contributed by atoms with Crippen molar-refractivity contribution in [3.05, 3.63) is 276 Å². The van der Waals surface area contributed by atoms with E-state index >= 15 is 0 Å². The summed E-state index contributed by atoms with van der Waals surface area (Å²) in [5, 5.41) is 0. The smallest absolute Gasteiger partial charge is 0.0727 e. The van der Waals surface area contributed by atoms with E-state index in [0.717, 1.165) is 34.1 Å². The molecule has 3 aliphatic carbocycles. The third kappa shape index (κ3) is 5.48. The predicted octanol–water partition coefficient (Wildman–Crippen LogP) is 16.9. The zero-order chi connectivity index (χ0) is 44.0. The zero-order valence-electron chi connectivity index (χ0n) is 37.0. The molecule has 10 aromatic carbocycles. The van der Waals surface area contributed by atoms with Gasteiger partial charge < -0.3 is 9.80 Å². The lowest BCUT2D eigenvalue weighted by molar-refractivity contribution is 0.660. The topological polar surface area (TPSA) is 6.48 Å². The molecule has 66 heavy (non-hydrogen) atoms. The van der Waals surface area contributed by atoms with Crippen LogP contribution >= 0.6 is 0 Å². The highest BCUT2D eigenvalue weighted by Crippen LogP contribution is 2.65. The van der Waals surface area contributed by atoms with Crippen LogP contribution in [0.2, 0.25) is 0 Å². The first kappa shape index (κ1) is 38.3. The molecule has 0 aliphatic heterocycles. The third-order valence-electron chi connectivity index (χ3n) is 14.6. The van der Waals surface area contributed by atoms with Gasteiger partial charge in [0.05, 0.1) is 5.41 Å². The first-order valence-electron chi connectivity index (χ1n) is 23.1. The van der Waals surface area contributed by atoms with Gasteiger partial charge in [0.2, 0.25) is 0 Å². The summed E-state index contributed by atoms with van der Waals surface area (Å²) in [6.45, 7) is 4.74. The van der Waals surface area contributed by atoms with Crippen LogP contribution in [0.4, 0.5) is 34.1 Å². The van der Waals surface area contributed by atoms with Crippen molar-refractivity contribution in [2.45, 2.75) is 24.7 Å². The van der Waals surface area contributed by atoms with Crippen molar-refractivity contribution in [1.29, 1.82) is 0 Å². The summed E-state index contributed by atoms with van der Waals surface area (Å²) in [6.07, 6.45) is 0. The van der Waals surface area contributed by atoms with Gasteiger partial charge in [-0.05, 0) is 151 Å². The van der Waals surface area contributed by atoms with Gasteiger partial charge in [-0.3, -0.25) is 0 Å². The molecule has 0 bridgehead atoms. The molecule has 2 nitrogen and oxygen atoms in total. The van der Waals surface area contributed by atoms with Gasteiger partial charge in [-0.15, -0.1) is 0 Å². The number of rotatable bonds is 7. The number of hydrogen-bond acceptors (Lipinski definition) is 2. The fraction of sp³-hybridized carbons (Fsp3) is 0.0625. The van der Waals surface area contributed by atoms with E-state index in [1.165, 1.54) is 77.9 Å². The minimum absolute atomic E-state index is 0.135. The molecule has 1 unspecified atom stereocenters. The van der Waals surface area contributed by atoms with Crippen LogP contribution in [0.3, 0.4) is 0 Å². The van der Waals surface area contributed by atoms with Crippen LogP contribution in [-0.4, -0.2) is 0 Å². The zero-order valence-corrected chi connectivity index (χ0v) is 37.0. The van der Waals surface area contributed by atoms with Gasteiger partial charge in [0, 0.05) is 39.5 Å². The van der Waals surface area contributed by atoms with Crippen LogP contribution < -0.4 is 9.80 Å². The van der Waals surface area contributed by atoms with E-state index in [9.17, 15) is 0 Å². The van der Waals surface area contributed by atoms with E-state index in [-0.39, 0.29) is 5.41 Å². The molecule has 0 heterocycles. The maximum absolute atomic E-state index is 2.52. The van der Waals surface area contributed by atoms with Crippen molar-refractivity contribution >= 4 is 34.1 Å². The van der Waals surface area contributed by atoms with Crippen LogP contribution in [0.5, 0.6) is 0 Å². The minimum atomic E-state index is -0.615. The molecule has 13 rings (SSSR count). The first-order chi connectivity index (χ1) is 32.5. The lowest BCUT2D eigenvalue weighted by Crippen LogP contribution is -2.26. The first-order valence-corrected chi connectivity index (χ1v) is 23.1. The Morgan fingerprint density at radius 2 is 0.636 bits per heavy atom. The van der Waals surface area contributed by atoms with Gasteiger partial charge in [0.1, 0.15) is 0 Å². The molecule has 0 aromatic heterocycles. The van der Waals surface area contributed by atoms with Crippen LogP contribution in [0.1, 0.15) is 47.2 Å². The van der Waals surface area contributed by atoms with Gasteiger partial charge in [-0.2, -0.15) is 0 Å². The SMILES string of the molecule is CC1(C)c2ccccc2-c2ccc(N(c3ccccc3)c3ccc4c(c3)C3(c5ccccc5-c5ccc(N(c6ccccc6)c6ccccc6)cc53)c3cccc(-c5ccccc5)c3-4)cc21. The molecule has 2 heteroatoms. The standard InChI is InChI=1S/C64H46N2/c1-63(2)56-31-17-15-28-51(56)53-37-34-47(40-59(53)63)66(46-26-13-6-14-27-46)49-36-39-55-61(42-49)64(58-33-19-30-50(62(55)58)43-20-7-3-8-21-43)57-32-18-16-29-52(57)54-38-35-48(41-60(54)64)65(44-22-9-4-10-23-44)45-24-11-5-12-25-45/h3-42H,1-2H3. The highest BCUT2D eigenvalue weighted by molar-refractivity contribution is 6.02. The summed E-state index contributed by atoms with van der Waals surface area (Å²) in [6, 6.07) is 90.1. The van der Waals surface area contributed by atoms with Crippen molar-refractivity contribution < 1.29 is 0 Å². The number of benzene rings is 10. The molecule has 0 saturated heterocycles. The fourth-order valence-electron chi connectivity index (χ4n) is 11.8. The number of anilines is 6. The van der Waals surface area contributed by atoms with Crippen molar-refractivity contribution in [1.82, 2.24) is 0 Å². The van der Waals surface area contributed by atoms with Crippen molar-refractivity contribution in [2.24, 2.45) is 0 Å². The third-order valence-corrected chi connectivity index (χ3v) is 14.6. The summed E-state index contributed by atoms with van der Waals surface area (Å²) in [7, 11) is 0. The number of fused-ring (bicyclic) bond motifs is 13. The molecule has 1 atom stereocenters. The Morgan fingerprint density at radius 1 is 0.258 bits per heavy atom. The second-order valence-electron chi connectivity index (χ2n) is 18.4. The Labute approximate surface area is 387 Å². The van der Waals surface area contributed by atoms with Crippen LogP contribution in [0.25, 0.3) is 44.5 Å². The molecule has 0 saturated carbocycles. The molecule has 0 N–H and O–H groups in total. The molecular weight excluding hydrogens is 797 g/mol. The van der Waals surface area contributed by atoms with Crippen LogP contribution in [0.15, 0.2) is 243 Å². The quantitative estimate of drug-likeness (QED) is 0.158. The highest BCUT2D eigenvalue weighted by Gasteiger charge is 2.53. The number of nitrogens with zero attached hydrogens (tertiary/aromatic N) is 2. The maximum atomic E-state index is 2.52.